The molecule has 1 aromatic carbocycles. The predicted molar refractivity (Wildman–Crippen MR) is 70.1 cm³/mol. The fraction of sp³-hybridized carbons (Fsp3) is 0.455. The van der Waals surface area contributed by atoms with E-state index in [1.807, 2.05) is 0 Å². The molecular formula is C11H16NO6P. The molecule has 106 valence electrons. The van der Waals surface area contributed by atoms with E-state index in [2.05, 4.69) is 0 Å². The normalized spacial score (nSPS) is 11.3. The van der Waals surface area contributed by atoms with Gasteiger partial charge in [0, 0.05) is 6.07 Å². The van der Waals surface area contributed by atoms with Crippen LogP contribution in [0.5, 0.6) is 5.75 Å². The number of methoxy groups -OCH3 is 1. The summed E-state index contributed by atoms with van der Waals surface area (Å²) in [4.78, 5) is 10.3. The lowest BCUT2D eigenvalue weighted by Gasteiger charge is -2.17. The van der Waals surface area contributed by atoms with Gasteiger partial charge in [-0.2, -0.15) is 0 Å². The Morgan fingerprint density at radius 2 is 1.84 bits per heavy atom. The summed E-state index contributed by atoms with van der Waals surface area (Å²) >= 11 is 0. The number of nitrogens with zero attached hydrogens (tertiary/aromatic N) is 1. The van der Waals surface area contributed by atoms with Crippen molar-refractivity contribution >= 4 is 18.6 Å². The molecule has 1 rings (SSSR count). The van der Waals surface area contributed by atoms with Crippen molar-refractivity contribution in [3.05, 3.63) is 28.3 Å². The van der Waals surface area contributed by atoms with Crippen molar-refractivity contribution in [3.8, 4) is 5.75 Å². The van der Waals surface area contributed by atoms with Gasteiger partial charge >= 0.3 is 13.3 Å². The number of nitro benzene ring substituents is 1. The highest BCUT2D eigenvalue weighted by molar-refractivity contribution is 7.62. The van der Waals surface area contributed by atoms with E-state index in [0.29, 0.717) is 0 Å². The zero-order valence-electron chi connectivity index (χ0n) is 11.0. The van der Waals surface area contributed by atoms with E-state index in [-0.39, 0.29) is 30.0 Å². The number of ether oxygens (including phenoxy) is 1. The van der Waals surface area contributed by atoms with Crippen LogP contribution in [-0.2, 0) is 13.6 Å². The average Bonchev–Trinajstić information content (AvgIpc) is 2.38. The highest BCUT2D eigenvalue weighted by Gasteiger charge is 2.30. The third kappa shape index (κ3) is 3.53. The molecule has 19 heavy (non-hydrogen) atoms. The molecule has 0 bridgehead atoms. The Bertz CT molecular complexity index is 494. The summed E-state index contributed by atoms with van der Waals surface area (Å²) in [6.45, 7) is 3.70. The molecule has 0 heterocycles. The van der Waals surface area contributed by atoms with Crippen LogP contribution in [0.3, 0.4) is 0 Å². The second-order valence-corrected chi connectivity index (χ2v) is 5.47. The molecule has 7 nitrogen and oxygen atoms in total. The minimum Gasteiger partial charge on any atom is -0.490 e. The molecule has 0 saturated carbocycles. The van der Waals surface area contributed by atoms with Crippen LogP contribution in [-0.4, -0.2) is 25.2 Å². The Kier molecular flexibility index (Phi) is 5.47. The Morgan fingerprint density at radius 3 is 2.26 bits per heavy atom. The maximum atomic E-state index is 12.5. The summed E-state index contributed by atoms with van der Waals surface area (Å²) in [6.07, 6.45) is 0. The molecule has 0 aliphatic heterocycles. The van der Waals surface area contributed by atoms with Gasteiger partial charge in [0.2, 0.25) is 0 Å². The summed E-state index contributed by atoms with van der Waals surface area (Å²) in [6, 6.07) is 3.97. The lowest BCUT2D eigenvalue weighted by molar-refractivity contribution is -0.385. The highest BCUT2D eigenvalue weighted by Crippen LogP contribution is 2.48. The molecule has 0 N–H and O–H groups in total. The van der Waals surface area contributed by atoms with Gasteiger partial charge in [-0.15, -0.1) is 0 Å². The molecule has 0 spiro atoms. The smallest absolute Gasteiger partial charge is 0.361 e. The van der Waals surface area contributed by atoms with E-state index in [1.54, 1.807) is 13.8 Å². The third-order valence-electron chi connectivity index (χ3n) is 2.27. The van der Waals surface area contributed by atoms with Gasteiger partial charge in [-0.1, -0.05) is 0 Å². The van der Waals surface area contributed by atoms with Crippen molar-refractivity contribution in [1.29, 1.82) is 0 Å². The third-order valence-corrected chi connectivity index (χ3v) is 4.38. The monoisotopic (exact) mass is 289 g/mol. The van der Waals surface area contributed by atoms with Gasteiger partial charge in [0.1, 0.15) is 0 Å². The van der Waals surface area contributed by atoms with Crippen LogP contribution in [0.25, 0.3) is 0 Å². The first-order valence-corrected chi connectivity index (χ1v) is 7.24. The summed E-state index contributed by atoms with van der Waals surface area (Å²) in [5, 5.41) is 11.1. The number of benzene rings is 1. The molecule has 0 aromatic heterocycles. The minimum atomic E-state index is -3.53. The van der Waals surface area contributed by atoms with Crippen LogP contribution in [0.15, 0.2) is 18.2 Å². The second kappa shape index (κ2) is 6.65. The molecule has 0 unspecified atom stereocenters. The largest absolute Gasteiger partial charge is 0.490 e. The molecule has 0 atom stereocenters. The van der Waals surface area contributed by atoms with Crippen molar-refractivity contribution in [2.75, 3.05) is 20.3 Å². The van der Waals surface area contributed by atoms with E-state index < -0.39 is 12.5 Å². The first kappa shape index (κ1) is 15.6. The molecule has 0 saturated heterocycles. The molecule has 0 aliphatic rings. The van der Waals surface area contributed by atoms with Gasteiger partial charge in [-0.3, -0.25) is 14.7 Å². The Morgan fingerprint density at radius 1 is 1.26 bits per heavy atom. The lowest BCUT2D eigenvalue weighted by atomic mass is 10.3. The standard InChI is InChI=1S/C11H16NO6P/c1-4-17-19(15,18-5-2)9-6-7-11(16-3)10(8-9)12(13)14/h6-8H,4-5H2,1-3H3. The predicted octanol–water partition coefficient (Wildman–Crippen LogP) is 2.49. The number of nitro groups is 1. The molecule has 0 amide bonds. The zero-order chi connectivity index (χ0) is 14.5. The second-order valence-electron chi connectivity index (χ2n) is 3.45. The van der Waals surface area contributed by atoms with Crippen LogP contribution in [0.4, 0.5) is 5.69 Å². The fourth-order valence-electron chi connectivity index (χ4n) is 1.52. The van der Waals surface area contributed by atoms with Crippen molar-refractivity contribution < 1.29 is 23.3 Å². The first-order chi connectivity index (χ1) is 8.98. The van der Waals surface area contributed by atoms with E-state index in [1.165, 1.54) is 19.2 Å². The van der Waals surface area contributed by atoms with Crippen LogP contribution in [0.1, 0.15) is 13.8 Å². The van der Waals surface area contributed by atoms with E-state index in [0.717, 1.165) is 6.07 Å². The van der Waals surface area contributed by atoms with Crippen LogP contribution in [0, 0.1) is 10.1 Å². The topological polar surface area (TPSA) is 87.9 Å². The Labute approximate surface area is 111 Å². The van der Waals surface area contributed by atoms with E-state index in [9.17, 15) is 14.7 Å². The summed E-state index contributed by atoms with van der Waals surface area (Å²) in [7, 11) is -2.20. The van der Waals surface area contributed by atoms with Gasteiger partial charge in [0.05, 0.1) is 30.6 Å². The summed E-state index contributed by atoms with van der Waals surface area (Å²) in [5.41, 5.74) is -0.278. The van der Waals surface area contributed by atoms with Gasteiger partial charge in [0.15, 0.2) is 5.75 Å². The van der Waals surface area contributed by atoms with Crippen LogP contribution < -0.4 is 10.0 Å². The molecule has 8 heteroatoms. The van der Waals surface area contributed by atoms with Crippen molar-refractivity contribution in [2.24, 2.45) is 0 Å². The fourth-order valence-corrected chi connectivity index (χ4v) is 3.11. The van der Waals surface area contributed by atoms with Crippen molar-refractivity contribution in [1.82, 2.24) is 0 Å². The highest BCUT2D eigenvalue weighted by atomic mass is 31.2. The maximum Gasteiger partial charge on any atom is 0.361 e. The summed E-state index contributed by atoms with van der Waals surface area (Å²) < 4.78 is 27.6. The molecule has 0 radical (unpaired) electrons. The maximum absolute atomic E-state index is 12.5. The molecule has 0 aliphatic carbocycles. The first-order valence-electron chi connectivity index (χ1n) is 5.70. The number of hydrogen-bond acceptors (Lipinski definition) is 6. The number of rotatable bonds is 7. The Hall–Kier alpha value is -1.43. The minimum absolute atomic E-state index is 0.0910. The van der Waals surface area contributed by atoms with E-state index >= 15 is 0 Å². The quantitative estimate of drug-likeness (QED) is 0.435. The van der Waals surface area contributed by atoms with Gasteiger partial charge < -0.3 is 13.8 Å². The van der Waals surface area contributed by atoms with Gasteiger partial charge in [-0.25, -0.2) is 0 Å². The van der Waals surface area contributed by atoms with Gasteiger partial charge in [0.25, 0.3) is 0 Å². The van der Waals surface area contributed by atoms with Gasteiger partial charge in [-0.05, 0) is 26.0 Å². The van der Waals surface area contributed by atoms with Crippen molar-refractivity contribution in [3.63, 3.8) is 0 Å². The number of hydrogen-bond donors (Lipinski definition) is 0. The average molecular weight is 289 g/mol. The van der Waals surface area contributed by atoms with Crippen molar-refractivity contribution in [2.45, 2.75) is 13.8 Å². The van der Waals surface area contributed by atoms with Crippen LogP contribution in [0.2, 0.25) is 0 Å². The molecular weight excluding hydrogens is 273 g/mol. The molecule has 1 aromatic rings. The summed E-state index contributed by atoms with van der Waals surface area (Å²) in [5.74, 6) is 0.0910. The Balaban J connectivity index is 3.29. The zero-order valence-corrected chi connectivity index (χ0v) is 11.9. The van der Waals surface area contributed by atoms with Crippen LogP contribution >= 0.6 is 7.60 Å². The molecule has 0 fully saturated rings. The van der Waals surface area contributed by atoms with E-state index in [4.69, 9.17) is 13.8 Å². The lowest BCUT2D eigenvalue weighted by Crippen LogP contribution is -2.12. The SMILES string of the molecule is CCOP(=O)(OCC)c1ccc(OC)c([N+](=O)[O-])c1.